The zero-order chi connectivity index (χ0) is 14.9. The van der Waals surface area contributed by atoms with Crippen LogP contribution in [0.25, 0.3) is 0 Å². The maximum absolute atomic E-state index is 14.1. The monoisotopic (exact) mass is 360 g/mol. The number of rotatable bonds is 4. The number of aromatic nitrogens is 2. The van der Waals surface area contributed by atoms with E-state index >= 15 is 0 Å². The Balaban J connectivity index is 2.36. The number of nitrogens with two attached hydrogens (primary N) is 1. The first-order chi connectivity index (χ1) is 9.45. The number of hydrogen-bond donors (Lipinski definition) is 2. The van der Waals surface area contributed by atoms with E-state index in [0.717, 1.165) is 15.9 Å². The highest BCUT2D eigenvalue weighted by atomic mass is 79.9. The lowest BCUT2D eigenvalue weighted by atomic mass is 10.0. The van der Waals surface area contributed by atoms with E-state index in [2.05, 4.69) is 26.5 Å². The molecule has 0 aliphatic carbocycles. The van der Waals surface area contributed by atoms with Gasteiger partial charge in [0.15, 0.2) is 0 Å². The first-order valence-electron chi connectivity index (χ1n) is 6.03. The second-order valence-corrected chi connectivity index (χ2v) is 5.74. The first-order valence-corrected chi connectivity index (χ1v) is 7.20. The molecular weight excluding hydrogens is 347 g/mol. The molecule has 2 rings (SSSR count). The lowest BCUT2D eigenvalue weighted by Gasteiger charge is -2.18. The molecule has 0 aliphatic heterocycles. The van der Waals surface area contributed by atoms with Crippen molar-refractivity contribution in [2.75, 3.05) is 0 Å². The summed E-state index contributed by atoms with van der Waals surface area (Å²) in [6.45, 7) is 1.90. The summed E-state index contributed by atoms with van der Waals surface area (Å²) in [4.78, 5) is 0. The van der Waals surface area contributed by atoms with E-state index in [0.29, 0.717) is 12.0 Å². The summed E-state index contributed by atoms with van der Waals surface area (Å²) in [5.41, 5.74) is 4.89. The van der Waals surface area contributed by atoms with Gasteiger partial charge in [0.25, 0.3) is 0 Å². The van der Waals surface area contributed by atoms with Crippen molar-refractivity contribution in [3.8, 4) is 0 Å². The molecule has 108 valence electrons. The number of benzene rings is 1. The van der Waals surface area contributed by atoms with Crippen LogP contribution in [0.5, 0.6) is 0 Å². The zero-order valence-electron chi connectivity index (χ0n) is 11.1. The quantitative estimate of drug-likeness (QED) is 0.650. The van der Waals surface area contributed by atoms with Gasteiger partial charge in [0.05, 0.1) is 26.9 Å². The van der Waals surface area contributed by atoms with Gasteiger partial charge in [-0.25, -0.2) is 4.39 Å². The number of aryl methyl sites for hydroxylation is 2. The predicted octanol–water partition coefficient (Wildman–Crippen LogP) is 3.03. The van der Waals surface area contributed by atoms with Crippen molar-refractivity contribution in [2.24, 2.45) is 12.9 Å². The highest BCUT2D eigenvalue weighted by molar-refractivity contribution is 9.10. The van der Waals surface area contributed by atoms with Crippen molar-refractivity contribution < 1.29 is 4.39 Å². The van der Waals surface area contributed by atoms with Crippen LogP contribution >= 0.6 is 27.5 Å². The summed E-state index contributed by atoms with van der Waals surface area (Å²) in [7, 11) is 1.84. The summed E-state index contributed by atoms with van der Waals surface area (Å²) in [6.07, 6.45) is 0.492. The van der Waals surface area contributed by atoms with Gasteiger partial charge >= 0.3 is 0 Å². The fraction of sp³-hybridized carbons (Fsp3) is 0.308. The van der Waals surface area contributed by atoms with E-state index in [4.69, 9.17) is 17.4 Å². The van der Waals surface area contributed by atoms with E-state index in [1.165, 1.54) is 6.07 Å². The number of hydrogen-bond acceptors (Lipinski definition) is 3. The van der Waals surface area contributed by atoms with Crippen LogP contribution in [0.2, 0.25) is 5.02 Å². The van der Waals surface area contributed by atoms with Crippen LogP contribution in [0.15, 0.2) is 22.7 Å². The highest BCUT2D eigenvalue weighted by Crippen LogP contribution is 2.28. The van der Waals surface area contributed by atoms with Crippen molar-refractivity contribution in [3.05, 3.63) is 50.5 Å². The predicted molar refractivity (Wildman–Crippen MR) is 80.8 cm³/mol. The number of nitrogens with zero attached hydrogens (tertiary/aromatic N) is 2. The van der Waals surface area contributed by atoms with Crippen molar-refractivity contribution in [3.63, 3.8) is 0 Å². The van der Waals surface area contributed by atoms with E-state index in [-0.39, 0.29) is 11.1 Å². The van der Waals surface area contributed by atoms with Crippen LogP contribution in [-0.4, -0.2) is 9.78 Å². The third-order valence-corrected chi connectivity index (χ3v) is 4.54. The first kappa shape index (κ1) is 15.4. The van der Waals surface area contributed by atoms with E-state index < -0.39 is 5.82 Å². The molecule has 3 N–H and O–H groups in total. The fourth-order valence-electron chi connectivity index (χ4n) is 2.14. The molecule has 0 saturated carbocycles. The Labute approximate surface area is 130 Å². The molecule has 4 nitrogen and oxygen atoms in total. The summed E-state index contributed by atoms with van der Waals surface area (Å²) < 4.78 is 16.7. The summed E-state index contributed by atoms with van der Waals surface area (Å²) in [5.74, 6) is 5.12. The van der Waals surface area contributed by atoms with Crippen LogP contribution in [0, 0.1) is 12.7 Å². The van der Waals surface area contributed by atoms with E-state index in [9.17, 15) is 4.39 Å². The summed E-state index contributed by atoms with van der Waals surface area (Å²) in [6, 6.07) is 4.50. The molecule has 20 heavy (non-hydrogen) atoms. The maximum Gasteiger partial charge on any atom is 0.146 e. The molecule has 1 aromatic carbocycles. The molecule has 1 aromatic heterocycles. The van der Waals surface area contributed by atoms with Gasteiger partial charge in [-0.3, -0.25) is 16.0 Å². The van der Waals surface area contributed by atoms with Crippen LogP contribution in [0.1, 0.15) is 23.0 Å². The average molecular weight is 362 g/mol. The van der Waals surface area contributed by atoms with E-state index in [1.54, 1.807) is 16.8 Å². The van der Waals surface area contributed by atoms with Gasteiger partial charge in [0.2, 0.25) is 0 Å². The standard InChI is InChI=1S/C13H15BrClFN4/c1-7-12(14)11(20(2)19-7)6-10(18-17)8-4-3-5-9(15)13(8)16/h3-5,10,18H,6,17H2,1-2H3. The van der Waals surface area contributed by atoms with Gasteiger partial charge in [-0.15, -0.1) is 0 Å². The SMILES string of the molecule is Cc1nn(C)c(CC(NN)c2cccc(Cl)c2F)c1Br. The Hall–Kier alpha value is -0.950. The molecule has 1 atom stereocenters. The van der Waals surface area contributed by atoms with Gasteiger partial charge < -0.3 is 0 Å². The van der Waals surface area contributed by atoms with Gasteiger partial charge in [-0.05, 0) is 28.9 Å². The molecule has 0 fully saturated rings. The minimum Gasteiger partial charge on any atom is -0.271 e. The third kappa shape index (κ3) is 2.88. The molecule has 7 heteroatoms. The lowest BCUT2D eigenvalue weighted by molar-refractivity contribution is 0.497. The van der Waals surface area contributed by atoms with Gasteiger partial charge in [-0.1, -0.05) is 23.7 Å². The Morgan fingerprint density at radius 1 is 1.55 bits per heavy atom. The van der Waals surface area contributed by atoms with Gasteiger partial charge in [-0.2, -0.15) is 5.10 Å². The molecule has 0 radical (unpaired) electrons. The van der Waals surface area contributed by atoms with Crippen LogP contribution < -0.4 is 11.3 Å². The largest absolute Gasteiger partial charge is 0.271 e. The average Bonchev–Trinajstić information content (AvgIpc) is 2.65. The Morgan fingerprint density at radius 2 is 2.25 bits per heavy atom. The Bertz CT molecular complexity index is 629. The van der Waals surface area contributed by atoms with Gasteiger partial charge in [0.1, 0.15) is 5.82 Å². The smallest absolute Gasteiger partial charge is 0.146 e. The second-order valence-electron chi connectivity index (χ2n) is 4.54. The molecule has 2 aromatic rings. The van der Waals surface area contributed by atoms with Gasteiger partial charge in [0, 0.05) is 19.0 Å². The molecule has 1 unspecified atom stereocenters. The van der Waals surface area contributed by atoms with Crippen LogP contribution in [0.4, 0.5) is 4.39 Å². The molecular formula is C13H15BrClFN4. The van der Waals surface area contributed by atoms with Crippen LogP contribution in [-0.2, 0) is 13.5 Å². The van der Waals surface area contributed by atoms with Crippen molar-refractivity contribution >= 4 is 27.5 Å². The lowest BCUT2D eigenvalue weighted by Crippen LogP contribution is -2.31. The fourth-order valence-corrected chi connectivity index (χ4v) is 2.82. The van der Waals surface area contributed by atoms with E-state index in [1.807, 2.05) is 14.0 Å². The topological polar surface area (TPSA) is 55.9 Å². The summed E-state index contributed by atoms with van der Waals surface area (Å²) >= 11 is 9.31. The summed E-state index contributed by atoms with van der Waals surface area (Å²) in [5, 5.41) is 4.40. The van der Waals surface area contributed by atoms with Crippen LogP contribution in [0.3, 0.4) is 0 Å². The molecule has 0 saturated heterocycles. The molecule has 0 bridgehead atoms. The molecule has 0 spiro atoms. The molecule has 0 aliphatic rings. The minimum absolute atomic E-state index is 0.0861. The normalized spacial score (nSPS) is 12.7. The Morgan fingerprint density at radius 3 is 2.80 bits per heavy atom. The number of halogens is 3. The Kier molecular flexibility index (Phi) is 4.80. The van der Waals surface area contributed by atoms with Crippen molar-refractivity contribution in [2.45, 2.75) is 19.4 Å². The second kappa shape index (κ2) is 6.22. The zero-order valence-corrected chi connectivity index (χ0v) is 13.5. The molecule has 1 heterocycles. The number of nitrogens with one attached hydrogen (secondary N) is 1. The maximum atomic E-state index is 14.1. The number of hydrazine groups is 1. The van der Waals surface area contributed by atoms with Crippen molar-refractivity contribution in [1.29, 1.82) is 0 Å². The minimum atomic E-state index is -0.452. The third-order valence-electron chi connectivity index (χ3n) is 3.22. The highest BCUT2D eigenvalue weighted by Gasteiger charge is 2.20. The molecule has 0 amide bonds. The van der Waals surface area contributed by atoms with Crippen molar-refractivity contribution in [1.82, 2.24) is 15.2 Å².